The highest BCUT2D eigenvalue weighted by atomic mass is 19.4. The first kappa shape index (κ1) is 25.7. The number of carbonyl (C=O) groups is 1. The molecule has 198 valence electrons. The average molecular weight is 526 g/mol. The second-order valence-corrected chi connectivity index (χ2v) is 9.34. The molecule has 1 amide bonds. The predicted octanol–water partition coefficient (Wildman–Crippen LogP) is 5.43. The standard InChI is InChI=1S/C27H26F3N5O3/c1-34(19-8-4-2-5-9-19)26(37)22(36)17-12-14-18(15-13-17)24-32-25(38-33-24)21-16-31-35(23(21)27(28,29)30)20-10-6-3-7-11-20/h3,6-7,10-16,19,22,36H,2,4-5,8-9H2,1H3. The Morgan fingerprint density at radius 1 is 1.08 bits per heavy atom. The van der Waals surface area contributed by atoms with Crippen molar-refractivity contribution in [2.24, 2.45) is 0 Å². The largest absolute Gasteiger partial charge is 0.434 e. The smallest absolute Gasteiger partial charge is 0.378 e. The number of nitrogens with zero attached hydrogens (tertiary/aromatic N) is 5. The molecule has 2 aromatic carbocycles. The summed E-state index contributed by atoms with van der Waals surface area (Å²) in [6.07, 6.45) is 0.131. The molecule has 1 saturated carbocycles. The van der Waals surface area contributed by atoms with E-state index in [1.54, 1.807) is 54.4 Å². The van der Waals surface area contributed by atoms with Gasteiger partial charge < -0.3 is 14.5 Å². The maximum Gasteiger partial charge on any atom is 0.434 e. The Labute approximate surface area is 216 Å². The first-order valence-electron chi connectivity index (χ1n) is 12.3. The Bertz CT molecular complexity index is 1390. The van der Waals surface area contributed by atoms with Crippen LogP contribution in [0.4, 0.5) is 13.2 Å². The maximum absolute atomic E-state index is 14.0. The van der Waals surface area contributed by atoms with Crippen LogP contribution < -0.4 is 0 Å². The molecule has 1 aliphatic rings. The normalized spacial score (nSPS) is 15.4. The minimum atomic E-state index is -4.73. The quantitative estimate of drug-likeness (QED) is 0.361. The van der Waals surface area contributed by atoms with E-state index in [1.165, 1.54) is 12.1 Å². The third-order valence-electron chi connectivity index (χ3n) is 6.88. The second kappa shape index (κ2) is 10.4. The van der Waals surface area contributed by atoms with Crippen molar-refractivity contribution in [2.45, 2.75) is 50.4 Å². The second-order valence-electron chi connectivity index (χ2n) is 9.34. The molecular formula is C27H26F3N5O3. The molecule has 1 atom stereocenters. The Kier molecular flexibility index (Phi) is 7.02. The molecule has 0 spiro atoms. The van der Waals surface area contributed by atoms with Crippen molar-refractivity contribution >= 4 is 5.91 Å². The summed E-state index contributed by atoms with van der Waals surface area (Å²) in [7, 11) is 1.71. The van der Waals surface area contributed by atoms with Crippen LogP contribution in [0.3, 0.4) is 0 Å². The minimum absolute atomic E-state index is 0.0623. The Balaban J connectivity index is 1.37. The fourth-order valence-corrected chi connectivity index (χ4v) is 4.79. The molecular weight excluding hydrogens is 499 g/mol. The van der Waals surface area contributed by atoms with E-state index < -0.39 is 18.0 Å². The minimum Gasteiger partial charge on any atom is -0.378 e. The van der Waals surface area contributed by atoms with Crippen LogP contribution >= 0.6 is 0 Å². The van der Waals surface area contributed by atoms with Gasteiger partial charge in [0.25, 0.3) is 11.8 Å². The van der Waals surface area contributed by atoms with Gasteiger partial charge in [0.15, 0.2) is 11.8 Å². The highest BCUT2D eigenvalue weighted by Crippen LogP contribution is 2.38. The lowest BCUT2D eigenvalue weighted by Crippen LogP contribution is -2.41. The number of benzene rings is 2. The lowest BCUT2D eigenvalue weighted by molar-refractivity contribution is -0.142. The highest BCUT2D eigenvalue weighted by Gasteiger charge is 2.40. The molecule has 1 aliphatic carbocycles. The summed E-state index contributed by atoms with van der Waals surface area (Å²) in [4.78, 5) is 18.6. The van der Waals surface area contributed by atoms with Gasteiger partial charge in [-0.3, -0.25) is 4.79 Å². The Morgan fingerprint density at radius 3 is 2.42 bits per heavy atom. The maximum atomic E-state index is 14.0. The van der Waals surface area contributed by atoms with Gasteiger partial charge in [0, 0.05) is 18.7 Å². The number of hydrogen-bond acceptors (Lipinski definition) is 6. The summed E-state index contributed by atoms with van der Waals surface area (Å²) >= 11 is 0. The van der Waals surface area contributed by atoms with Crippen LogP contribution in [0.5, 0.6) is 0 Å². The van der Waals surface area contributed by atoms with Crippen molar-refractivity contribution in [3.05, 3.63) is 72.1 Å². The van der Waals surface area contributed by atoms with Crippen molar-refractivity contribution in [1.29, 1.82) is 0 Å². The van der Waals surface area contributed by atoms with Crippen molar-refractivity contribution in [3.8, 4) is 28.5 Å². The van der Waals surface area contributed by atoms with Gasteiger partial charge in [-0.15, -0.1) is 0 Å². The van der Waals surface area contributed by atoms with Crippen LogP contribution in [0.15, 0.2) is 65.3 Å². The van der Waals surface area contributed by atoms with E-state index in [-0.39, 0.29) is 34.9 Å². The molecule has 0 bridgehead atoms. The predicted molar refractivity (Wildman–Crippen MR) is 132 cm³/mol. The molecule has 1 fully saturated rings. The van der Waals surface area contributed by atoms with Crippen molar-refractivity contribution in [2.75, 3.05) is 7.05 Å². The first-order chi connectivity index (χ1) is 18.2. The monoisotopic (exact) mass is 525 g/mol. The number of rotatable bonds is 6. The van der Waals surface area contributed by atoms with E-state index in [0.29, 0.717) is 11.1 Å². The zero-order valence-electron chi connectivity index (χ0n) is 20.6. The van der Waals surface area contributed by atoms with Gasteiger partial charge in [-0.1, -0.05) is 66.9 Å². The van der Waals surface area contributed by atoms with Crippen molar-refractivity contribution in [3.63, 3.8) is 0 Å². The van der Waals surface area contributed by atoms with E-state index >= 15 is 0 Å². The lowest BCUT2D eigenvalue weighted by atomic mass is 9.94. The summed E-state index contributed by atoms with van der Waals surface area (Å²) in [6, 6.07) is 14.4. The molecule has 8 nitrogen and oxygen atoms in total. The number of aromatic nitrogens is 4. The zero-order valence-corrected chi connectivity index (χ0v) is 20.6. The fourth-order valence-electron chi connectivity index (χ4n) is 4.79. The number of alkyl halides is 3. The zero-order chi connectivity index (χ0) is 26.9. The third-order valence-corrected chi connectivity index (χ3v) is 6.88. The molecule has 2 heterocycles. The van der Waals surface area contributed by atoms with Crippen LogP contribution in [0.2, 0.25) is 0 Å². The number of aliphatic hydroxyl groups excluding tert-OH is 1. The molecule has 0 radical (unpaired) electrons. The van der Waals surface area contributed by atoms with Gasteiger partial charge in [-0.25, -0.2) is 4.68 Å². The molecule has 0 saturated heterocycles. The summed E-state index contributed by atoms with van der Waals surface area (Å²) in [5, 5.41) is 18.4. The van der Waals surface area contributed by atoms with Crippen LogP contribution in [0.25, 0.3) is 28.5 Å². The number of hydrogen-bond donors (Lipinski definition) is 1. The van der Waals surface area contributed by atoms with Crippen LogP contribution in [-0.2, 0) is 11.0 Å². The van der Waals surface area contributed by atoms with Gasteiger partial charge in [0.2, 0.25) is 5.82 Å². The van der Waals surface area contributed by atoms with Gasteiger partial charge >= 0.3 is 6.18 Å². The topological polar surface area (TPSA) is 97.3 Å². The third kappa shape index (κ3) is 5.06. The number of likely N-dealkylation sites (N-methyl/N-ethyl adjacent to an activating group) is 1. The van der Waals surface area contributed by atoms with E-state index in [4.69, 9.17) is 4.52 Å². The van der Waals surface area contributed by atoms with E-state index in [1.807, 2.05) is 0 Å². The fraction of sp³-hybridized carbons (Fsp3) is 0.333. The number of para-hydroxylation sites is 1. The summed E-state index contributed by atoms with van der Waals surface area (Å²) in [5.41, 5.74) is -0.285. The first-order valence-corrected chi connectivity index (χ1v) is 12.3. The summed E-state index contributed by atoms with van der Waals surface area (Å²) < 4.78 is 48.0. The van der Waals surface area contributed by atoms with E-state index in [2.05, 4.69) is 15.2 Å². The Morgan fingerprint density at radius 2 is 1.76 bits per heavy atom. The van der Waals surface area contributed by atoms with Gasteiger partial charge in [-0.2, -0.15) is 23.3 Å². The van der Waals surface area contributed by atoms with Crippen molar-refractivity contribution < 1.29 is 27.6 Å². The van der Waals surface area contributed by atoms with Crippen LogP contribution in [0, 0.1) is 0 Å². The summed E-state index contributed by atoms with van der Waals surface area (Å²) in [6.45, 7) is 0. The van der Waals surface area contributed by atoms with Gasteiger partial charge in [0.1, 0.15) is 0 Å². The Hall–Kier alpha value is -3.99. The molecule has 11 heteroatoms. The average Bonchev–Trinajstić information content (AvgIpc) is 3.61. The molecule has 0 aliphatic heterocycles. The van der Waals surface area contributed by atoms with Crippen molar-refractivity contribution in [1.82, 2.24) is 24.8 Å². The SMILES string of the molecule is CN(C(=O)C(O)c1ccc(-c2noc(-c3cnn(-c4ccccc4)c3C(F)(F)F)n2)cc1)C1CCCCC1. The van der Waals surface area contributed by atoms with Crippen LogP contribution in [0.1, 0.15) is 49.5 Å². The molecule has 2 aromatic heterocycles. The molecule has 1 unspecified atom stereocenters. The number of halogens is 3. The van der Waals surface area contributed by atoms with E-state index in [9.17, 15) is 23.1 Å². The summed E-state index contributed by atoms with van der Waals surface area (Å²) in [5.74, 6) is -0.642. The molecule has 1 N–H and O–H groups in total. The lowest BCUT2D eigenvalue weighted by Gasteiger charge is -2.32. The molecule has 4 aromatic rings. The van der Waals surface area contributed by atoms with Gasteiger partial charge in [-0.05, 0) is 30.5 Å². The van der Waals surface area contributed by atoms with E-state index in [0.717, 1.165) is 43.0 Å². The molecule has 38 heavy (non-hydrogen) atoms. The number of aliphatic hydroxyl groups is 1. The number of amides is 1. The number of carbonyl (C=O) groups excluding carboxylic acids is 1. The highest BCUT2D eigenvalue weighted by molar-refractivity contribution is 5.82. The molecule has 5 rings (SSSR count). The van der Waals surface area contributed by atoms with Crippen LogP contribution in [-0.4, -0.2) is 48.9 Å². The van der Waals surface area contributed by atoms with Gasteiger partial charge in [0.05, 0.1) is 17.4 Å².